The average molecular weight is 268 g/mol. The number of aryl methyl sites for hydroxylation is 2. The van der Waals surface area contributed by atoms with Crippen molar-refractivity contribution in [2.75, 3.05) is 0 Å². The van der Waals surface area contributed by atoms with Crippen LogP contribution in [0.2, 0.25) is 0 Å². The molecule has 2 aromatic carbocycles. The van der Waals surface area contributed by atoms with E-state index in [9.17, 15) is 0 Å². The van der Waals surface area contributed by atoms with Crippen molar-refractivity contribution >= 4 is 0 Å². The Morgan fingerprint density at radius 2 is 1.50 bits per heavy atom. The summed E-state index contributed by atoms with van der Waals surface area (Å²) in [6, 6.07) is 14.9. The number of benzene rings is 2. The van der Waals surface area contributed by atoms with Crippen LogP contribution >= 0.6 is 0 Å². The van der Waals surface area contributed by atoms with Crippen molar-refractivity contribution in [1.82, 2.24) is 0 Å². The second kappa shape index (κ2) is 5.70. The highest BCUT2D eigenvalue weighted by Gasteiger charge is 2.13. The highest BCUT2D eigenvalue weighted by atomic mass is 16.5. The second-order valence-corrected chi connectivity index (χ2v) is 6.46. The van der Waals surface area contributed by atoms with Crippen molar-refractivity contribution in [2.24, 2.45) is 0 Å². The monoisotopic (exact) mass is 268 g/mol. The first kappa shape index (κ1) is 14.6. The summed E-state index contributed by atoms with van der Waals surface area (Å²) in [5.41, 5.74) is 5.13. The molecule has 0 amide bonds. The van der Waals surface area contributed by atoms with E-state index < -0.39 is 0 Å². The first-order valence-corrected chi connectivity index (χ1v) is 7.16. The van der Waals surface area contributed by atoms with Gasteiger partial charge in [-0.2, -0.15) is 0 Å². The van der Waals surface area contributed by atoms with Crippen LogP contribution in [-0.4, -0.2) is 0 Å². The Hall–Kier alpha value is -1.76. The molecule has 1 heteroatoms. The van der Waals surface area contributed by atoms with Crippen molar-refractivity contribution in [3.63, 3.8) is 0 Å². The van der Waals surface area contributed by atoms with Crippen molar-refractivity contribution in [2.45, 2.75) is 46.6 Å². The molecule has 0 bridgehead atoms. The molecule has 0 radical (unpaired) electrons. The van der Waals surface area contributed by atoms with Crippen LogP contribution in [0.5, 0.6) is 5.75 Å². The van der Waals surface area contributed by atoms with Gasteiger partial charge in [0, 0.05) is 0 Å². The first-order chi connectivity index (χ1) is 9.38. The summed E-state index contributed by atoms with van der Waals surface area (Å²) in [5.74, 6) is 1.01. The fourth-order valence-corrected chi connectivity index (χ4v) is 2.31. The fraction of sp³-hybridized carbons (Fsp3) is 0.368. The first-order valence-electron chi connectivity index (χ1n) is 7.16. The summed E-state index contributed by atoms with van der Waals surface area (Å²) in [6.07, 6.45) is 0. The molecule has 20 heavy (non-hydrogen) atoms. The molecule has 0 aromatic heterocycles. The predicted molar refractivity (Wildman–Crippen MR) is 85.4 cm³/mol. The molecule has 0 N–H and O–H groups in total. The lowest BCUT2D eigenvalue weighted by atomic mass is 9.86. The van der Waals surface area contributed by atoms with Crippen LogP contribution < -0.4 is 4.74 Å². The Kier molecular flexibility index (Phi) is 4.17. The number of rotatable bonds is 3. The molecule has 0 saturated heterocycles. The minimum atomic E-state index is 0.175. The Morgan fingerprint density at radius 1 is 0.900 bits per heavy atom. The molecule has 106 valence electrons. The third-order valence-corrected chi connectivity index (χ3v) is 3.58. The molecule has 0 atom stereocenters. The number of para-hydroxylation sites is 1. The van der Waals surface area contributed by atoms with Crippen molar-refractivity contribution in [3.05, 3.63) is 64.7 Å². The topological polar surface area (TPSA) is 9.23 Å². The summed E-state index contributed by atoms with van der Waals surface area (Å²) in [4.78, 5) is 0. The van der Waals surface area contributed by atoms with Crippen LogP contribution in [0.15, 0.2) is 42.5 Å². The highest BCUT2D eigenvalue weighted by Crippen LogP contribution is 2.25. The maximum atomic E-state index is 6.02. The predicted octanol–water partition coefficient (Wildman–Crippen LogP) is 5.18. The van der Waals surface area contributed by atoms with E-state index in [0.29, 0.717) is 6.61 Å². The van der Waals surface area contributed by atoms with Gasteiger partial charge in [-0.05, 0) is 41.5 Å². The molecule has 0 spiro atoms. The lowest BCUT2D eigenvalue weighted by Gasteiger charge is -2.20. The molecule has 0 fully saturated rings. The van der Waals surface area contributed by atoms with Crippen LogP contribution in [0.4, 0.5) is 0 Å². The summed E-state index contributed by atoms with van der Waals surface area (Å²) in [7, 11) is 0. The van der Waals surface area contributed by atoms with E-state index in [4.69, 9.17) is 4.74 Å². The molecule has 0 aliphatic carbocycles. The normalized spacial score (nSPS) is 11.4. The van der Waals surface area contributed by atoms with Crippen LogP contribution in [-0.2, 0) is 12.0 Å². The highest BCUT2D eigenvalue weighted by molar-refractivity contribution is 5.40. The molecular weight excluding hydrogens is 244 g/mol. The zero-order valence-corrected chi connectivity index (χ0v) is 13.2. The molecule has 0 aliphatic heterocycles. The van der Waals surface area contributed by atoms with Crippen LogP contribution in [0, 0.1) is 13.8 Å². The smallest absolute Gasteiger partial charge is 0.125 e. The van der Waals surface area contributed by atoms with Crippen molar-refractivity contribution < 1.29 is 4.74 Å². The van der Waals surface area contributed by atoms with Gasteiger partial charge in [0.15, 0.2) is 0 Å². The van der Waals surface area contributed by atoms with Gasteiger partial charge in [-0.3, -0.25) is 0 Å². The van der Waals surface area contributed by atoms with Gasteiger partial charge < -0.3 is 4.74 Å². The van der Waals surface area contributed by atoms with E-state index >= 15 is 0 Å². The van der Waals surface area contributed by atoms with Crippen molar-refractivity contribution in [3.8, 4) is 5.75 Å². The summed E-state index contributed by atoms with van der Waals surface area (Å²) in [5, 5.41) is 0. The van der Waals surface area contributed by atoms with Gasteiger partial charge in [0.2, 0.25) is 0 Å². The number of hydrogen-bond acceptors (Lipinski definition) is 1. The van der Waals surface area contributed by atoms with Gasteiger partial charge in [0.25, 0.3) is 0 Å². The summed E-state index contributed by atoms with van der Waals surface area (Å²) in [6.45, 7) is 11.5. The molecule has 1 nitrogen and oxygen atoms in total. The third-order valence-electron chi connectivity index (χ3n) is 3.58. The molecule has 2 aromatic rings. The number of hydrogen-bond donors (Lipinski definition) is 0. The van der Waals surface area contributed by atoms with E-state index in [0.717, 1.165) is 5.75 Å². The van der Waals surface area contributed by atoms with Gasteiger partial charge in [-0.25, -0.2) is 0 Å². The molecular formula is C19H24O. The molecule has 0 aliphatic rings. The van der Waals surface area contributed by atoms with E-state index in [1.54, 1.807) is 0 Å². The minimum absolute atomic E-state index is 0.175. The zero-order chi connectivity index (χ0) is 14.8. The Morgan fingerprint density at radius 3 is 2.10 bits per heavy atom. The SMILES string of the molecule is Cc1cccc(C)c1OCc1cccc(C(C)(C)C)c1. The van der Waals surface area contributed by atoms with Gasteiger partial charge in [-0.1, -0.05) is 63.2 Å². The molecule has 0 heterocycles. The second-order valence-electron chi connectivity index (χ2n) is 6.46. The van der Waals surface area contributed by atoms with Crippen molar-refractivity contribution in [1.29, 1.82) is 0 Å². The lowest BCUT2D eigenvalue weighted by molar-refractivity contribution is 0.301. The largest absolute Gasteiger partial charge is 0.488 e. The van der Waals surface area contributed by atoms with E-state index in [-0.39, 0.29) is 5.41 Å². The average Bonchev–Trinajstić information content (AvgIpc) is 2.37. The van der Waals surface area contributed by atoms with Crippen LogP contribution in [0.25, 0.3) is 0 Å². The van der Waals surface area contributed by atoms with Crippen LogP contribution in [0.3, 0.4) is 0 Å². The van der Waals surface area contributed by atoms with Crippen LogP contribution in [0.1, 0.15) is 43.0 Å². The molecule has 0 unspecified atom stereocenters. The fourth-order valence-electron chi connectivity index (χ4n) is 2.31. The summed E-state index contributed by atoms with van der Waals surface area (Å²) >= 11 is 0. The van der Waals surface area contributed by atoms with E-state index in [1.165, 1.54) is 22.3 Å². The maximum Gasteiger partial charge on any atom is 0.125 e. The maximum absolute atomic E-state index is 6.02. The van der Waals surface area contributed by atoms with Gasteiger partial charge in [0.05, 0.1) is 0 Å². The third kappa shape index (κ3) is 3.41. The quantitative estimate of drug-likeness (QED) is 0.745. The van der Waals surface area contributed by atoms with Gasteiger partial charge >= 0.3 is 0 Å². The zero-order valence-electron chi connectivity index (χ0n) is 13.2. The van der Waals surface area contributed by atoms with E-state index in [2.05, 4.69) is 77.1 Å². The minimum Gasteiger partial charge on any atom is -0.488 e. The summed E-state index contributed by atoms with van der Waals surface area (Å²) < 4.78 is 6.02. The van der Waals surface area contributed by atoms with Gasteiger partial charge in [0.1, 0.15) is 12.4 Å². The van der Waals surface area contributed by atoms with Gasteiger partial charge in [-0.15, -0.1) is 0 Å². The molecule has 2 rings (SSSR count). The Bertz CT molecular complexity index is 571. The Balaban J connectivity index is 2.16. The molecule has 0 saturated carbocycles. The lowest BCUT2D eigenvalue weighted by Crippen LogP contribution is -2.11. The standard InChI is InChI=1S/C19H24O/c1-14-8-6-9-15(2)18(14)20-13-16-10-7-11-17(12-16)19(3,4)5/h6-12H,13H2,1-5H3. The Labute approximate surface area is 122 Å². The van der Waals surface area contributed by atoms with E-state index in [1.807, 2.05) is 0 Å². The number of ether oxygens (including phenoxy) is 1.